The van der Waals surface area contributed by atoms with Crippen molar-refractivity contribution in [1.82, 2.24) is 4.57 Å². The van der Waals surface area contributed by atoms with Crippen molar-refractivity contribution in [1.29, 1.82) is 0 Å². The van der Waals surface area contributed by atoms with Crippen LogP contribution in [0.5, 0.6) is 0 Å². The third kappa shape index (κ3) is 3.15. The molecule has 1 amide bonds. The number of nitrogens with zero attached hydrogens (tertiary/aromatic N) is 4. The van der Waals surface area contributed by atoms with Crippen molar-refractivity contribution in [3.8, 4) is 0 Å². The summed E-state index contributed by atoms with van der Waals surface area (Å²) in [7, 11) is 1.66. The van der Waals surface area contributed by atoms with Crippen molar-refractivity contribution in [3.05, 3.63) is 73.1 Å². The van der Waals surface area contributed by atoms with E-state index in [1.807, 2.05) is 0 Å². The predicted molar refractivity (Wildman–Crippen MR) is 90.4 cm³/mol. The minimum Gasteiger partial charge on any atom is -0.319 e. The van der Waals surface area contributed by atoms with Gasteiger partial charge in [-0.25, -0.2) is 0 Å². The van der Waals surface area contributed by atoms with Crippen LogP contribution >= 0.6 is 11.3 Å². The first-order valence-corrected chi connectivity index (χ1v) is 7.76. The normalized spacial score (nSPS) is 11.6. The summed E-state index contributed by atoms with van der Waals surface area (Å²) in [5.41, 5.74) is 0.647. The smallest absolute Gasteiger partial charge is 0.279 e. The van der Waals surface area contributed by atoms with Crippen molar-refractivity contribution in [2.24, 2.45) is 12.0 Å². The summed E-state index contributed by atoms with van der Waals surface area (Å²) >= 11 is 1.22. The first-order valence-electron chi connectivity index (χ1n) is 6.94. The van der Waals surface area contributed by atoms with Crippen LogP contribution in [0.2, 0.25) is 0 Å². The number of hydrogen-bond donors (Lipinski definition) is 0. The lowest BCUT2D eigenvalue weighted by molar-refractivity contribution is -0.385. The van der Waals surface area contributed by atoms with Crippen LogP contribution in [0.15, 0.2) is 47.5 Å². The number of rotatable bonds is 3. The van der Waals surface area contributed by atoms with Crippen LogP contribution < -0.4 is 4.80 Å². The molecule has 10 heteroatoms. The molecule has 0 radical (unpaired) electrons. The van der Waals surface area contributed by atoms with Gasteiger partial charge in [0.1, 0.15) is 0 Å². The van der Waals surface area contributed by atoms with Gasteiger partial charge in [-0.3, -0.25) is 25.0 Å². The number of nitro benzene ring substituents is 2. The number of carbonyl (C=O) groups excluding carboxylic acids is 1. The Bertz CT molecular complexity index is 1080. The topological polar surface area (TPSA) is 121 Å². The van der Waals surface area contributed by atoms with Crippen LogP contribution in [0.25, 0.3) is 10.2 Å². The molecule has 0 saturated carbocycles. The average Bonchev–Trinajstić information content (AvgIpc) is 2.90. The number of thiazole rings is 1. The number of fused-ring (bicyclic) bond motifs is 1. The maximum atomic E-state index is 12.2. The molecule has 0 spiro atoms. The first-order chi connectivity index (χ1) is 11.9. The minimum atomic E-state index is -0.551. The second-order valence-corrected chi connectivity index (χ2v) is 6.08. The third-order valence-electron chi connectivity index (χ3n) is 3.53. The second-order valence-electron chi connectivity index (χ2n) is 5.07. The highest BCUT2D eigenvalue weighted by Crippen LogP contribution is 2.22. The Labute approximate surface area is 143 Å². The van der Waals surface area contributed by atoms with E-state index in [-0.39, 0.29) is 16.9 Å². The molecule has 25 heavy (non-hydrogen) atoms. The van der Waals surface area contributed by atoms with Gasteiger partial charge in [-0.2, -0.15) is 4.99 Å². The van der Waals surface area contributed by atoms with Gasteiger partial charge in [0, 0.05) is 36.9 Å². The largest absolute Gasteiger partial charge is 0.319 e. The second kappa shape index (κ2) is 6.24. The Morgan fingerprint density at radius 1 is 1.04 bits per heavy atom. The van der Waals surface area contributed by atoms with Crippen LogP contribution in [0.4, 0.5) is 11.4 Å². The molecule has 0 aliphatic heterocycles. The predicted octanol–water partition coefficient (Wildman–Crippen LogP) is 2.80. The summed E-state index contributed by atoms with van der Waals surface area (Å²) < 4.78 is 2.35. The summed E-state index contributed by atoms with van der Waals surface area (Å²) in [6, 6.07) is 9.55. The SMILES string of the molecule is Cn1c(=NC(=O)c2ccc([N+](=O)[O-])cc2)sc2ccc([N+](=O)[O-])cc21. The Hall–Kier alpha value is -3.40. The molecule has 0 fully saturated rings. The van der Waals surface area contributed by atoms with Crippen molar-refractivity contribution < 1.29 is 14.6 Å². The van der Waals surface area contributed by atoms with Gasteiger partial charge in [0.2, 0.25) is 0 Å². The molecule has 0 bridgehead atoms. The van der Waals surface area contributed by atoms with E-state index in [1.54, 1.807) is 17.7 Å². The number of benzene rings is 2. The zero-order valence-electron chi connectivity index (χ0n) is 12.8. The zero-order chi connectivity index (χ0) is 18.1. The standard InChI is InChI=1S/C15H10N4O5S/c1-17-12-8-11(19(23)24)6-7-13(12)25-15(17)16-14(20)9-2-4-10(5-3-9)18(21)22/h2-8H,1H3. The Morgan fingerprint density at radius 2 is 1.64 bits per heavy atom. The molecule has 1 aromatic heterocycles. The van der Waals surface area contributed by atoms with Gasteiger partial charge in [-0.15, -0.1) is 0 Å². The molecule has 0 atom stereocenters. The summed E-state index contributed by atoms with van der Waals surface area (Å²) in [6.45, 7) is 0. The molecule has 0 N–H and O–H groups in total. The number of carbonyl (C=O) groups is 1. The van der Waals surface area contributed by atoms with Gasteiger partial charge >= 0.3 is 0 Å². The highest BCUT2D eigenvalue weighted by molar-refractivity contribution is 7.16. The van der Waals surface area contributed by atoms with E-state index in [1.165, 1.54) is 47.7 Å². The van der Waals surface area contributed by atoms with E-state index < -0.39 is 15.8 Å². The molecule has 9 nitrogen and oxygen atoms in total. The van der Waals surface area contributed by atoms with E-state index in [2.05, 4.69) is 4.99 Å². The average molecular weight is 358 g/mol. The highest BCUT2D eigenvalue weighted by Gasteiger charge is 2.12. The maximum Gasteiger partial charge on any atom is 0.279 e. The number of non-ortho nitro benzene ring substituents is 2. The van der Waals surface area contributed by atoms with Crippen molar-refractivity contribution in [2.45, 2.75) is 0 Å². The van der Waals surface area contributed by atoms with E-state index >= 15 is 0 Å². The van der Waals surface area contributed by atoms with Gasteiger partial charge < -0.3 is 4.57 Å². The highest BCUT2D eigenvalue weighted by atomic mass is 32.1. The van der Waals surface area contributed by atoms with Crippen molar-refractivity contribution >= 4 is 38.8 Å². The van der Waals surface area contributed by atoms with Crippen LogP contribution in [-0.2, 0) is 7.05 Å². The lowest BCUT2D eigenvalue weighted by atomic mass is 10.2. The lowest BCUT2D eigenvalue weighted by Crippen LogP contribution is -2.13. The lowest BCUT2D eigenvalue weighted by Gasteiger charge is -1.97. The van der Waals surface area contributed by atoms with Gasteiger partial charge in [0.25, 0.3) is 17.3 Å². The molecule has 0 aliphatic rings. The quantitative estimate of drug-likeness (QED) is 0.526. The summed E-state index contributed by atoms with van der Waals surface area (Å²) in [5, 5.41) is 21.5. The number of aryl methyl sites for hydroxylation is 1. The van der Waals surface area contributed by atoms with Crippen LogP contribution in [0.3, 0.4) is 0 Å². The van der Waals surface area contributed by atoms with E-state index in [4.69, 9.17) is 0 Å². The minimum absolute atomic E-state index is 0.0471. The Morgan fingerprint density at radius 3 is 2.24 bits per heavy atom. The Kier molecular flexibility index (Phi) is 4.11. The fraction of sp³-hybridized carbons (Fsp3) is 0.0667. The van der Waals surface area contributed by atoms with Crippen molar-refractivity contribution in [2.75, 3.05) is 0 Å². The number of nitro groups is 2. The number of hydrogen-bond acceptors (Lipinski definition) is 6. The fourth-order valence-corrected chi connectivity index (χ4v) is 3.21. The van der Waals surface area contributed by atoms with E-state index in [9.17, 15) is 25.0 Å². The van der Waals surface area contributed by atoms with Gasteiger partial charge in [0.15, 0.2) is 4.80 Å². The molecule has 2 aromatic carbocycles. The summed E-state index contributed by atoms with van der Waals surface area (Å²) in [4.78, 5) is 37.1. The maximum absolute atomic E-state index is 12.2. The number of amides is 1. The van der Waals surface area contributed by atoms with Crippen molar-refractivity contribution in [3.63, 3.8) is 0 Å². The molecule has 126 valence electrons. The molecular weight excluding hydrogens is 348 g/mol. The molecular formula is C15H10N4O5S. The van der Waals surface area contributed by atoms with Crippen LogP contribution in [0, 0.1) is 20.2 Å². The monoisotopic (exact) mass is 358 g/mol. The molecule has 1 heterocycles. The van der Waals surface area contributed by atoms with Gasteiger partial charge in [-0.05, 0) is 18.2 Å². The molecule has 0 saturated heterocycles. The number of aromatic nitrogens is 1. The van der Waals surface area contributed by atoms with Crippen LogP contribution in [0.1, 0.15) is 10.4 Å². The summed E-state index contributed by atoms with van der Waals surface area (Å²) in [5.74, 6) is -0.549. The molecule has 0 unspecified atom stereocenters. The summed E-state index contributed by atoms with van der Waals surface area (Å²) in [6.07, 6.45) is 0. The fourth-order valence-electron chi connectivity index (χ4n) is 2.21. The first kappa shape index (κ1) is 16.5. The zero-order valence-corrected chi connectivity index (χ0v) is 13.6. The Balaban J connectivity index is 2.02. The molecule has 3 aromatic rings. The van der Waals surface area contributed by atoms with Gasteiger partial charge in [-0.1, -0.05) is 11.3 Å². The molecule has 3 rings (SSSR count). The third-order valence-corrected chi connectivity index (χ3v) is 4.64. The van der Waals surface area contributed by atoms with E-state index in [0.29, 0.717) is 10.3 Å². The van der Waals surface area contributed by atoms with Gasteiger partial charge in [0.05, 0.1) is 20.1 Å². The van der Waals surface area contributed by atoms with E-state index in [0.717, 1.165) is 4.70 Å². The van der Waals surface area contributed by atoms with Crippen LogP contribution in [-0.4, -0.2) is 20.3 Å². The molecule has 0 aliphatic carbocycles.